The first-order valence-electron chi connectivity index (χ1n) is 12.0. The van der Waals surface area contributed by atoms with Gasteiger partial charge in [-0.25, -0.2) is 4.98 Å². The highest BCUT2D eigenvalue weighted by Gasteiger charge is 2.19. The summed E-state index contributed by atoms with van der Waals surface area (Å²) in [7, 11) is 3.73. The summed E-state index contributed by atoms with van der Waals surface area (Å²) >= 11 is 0. The van der Waals surface area contributed by atoms with Crippen molar-refractivity contribution in [2.45, 2.75) is 25.9 Å². The molecule has 2 aromatic heterocycles. The van der Waals surface area contributed by atoms with Crippen LogP contribution in [0.15, 0.2) is 59.1 Å². The van der Waals surface area contributed by atoms with Gasteiger partial charge in [0, 0.05) is 55.6 Å². The minimum absolute atomic E-state index is 0.188. The van der Waals surface area contributed by atoms with Gasteiger partial charge in [-0.3, -0.25) is 4.79 Å². The molecule has 4 aromatic rings. The van der Waals surface area contributed by atoms with Gasteiger partial charge in [-0.1, -0.05) is 6.07 Å². The fourth-order valence-corrected chi connectivity index (χ4v) is 4.32. The molecule has 3 heterocycles. The van der Waals surface area contributed by atoms with Gasteiger partial charge < -0.3 is 29.4 Å². The predicted octanol–water partition coefficient (Wildman–Crippen LogP) is 4.90. The molecule has 2 N–H and O–H groups in total. The van der Waals surface area contributed by atoms with Crippen molar-refractivity contribution in [3.05, 3.63) is 66.1 Å². The number of fused-ring (bicyclic) bond motifs is 1. The van der Waals surface area contributed by atoms with Crippen LogP contribution in [0.5, 0.6) is 17.4 Å². The van der Waals surface area contributed by atoms with E-state index in [4.69, 9.17) is 13.9 Å². The molecule has 1 saturated heterocycles. The monoisotopic (exact) mass is 487 g/mol. The molecule has 5 rings (SSSR count). The van der Waals surface area contributed by atoms with E-state index in [1.165, 1.54) is 0 Å². The number of amides is 1. The summed E-state index contributed by atoms with van der Waals surface area (Å²) in [5.74, 6) is 2.50. The molecule has 0 atom stereocenters. The third kappa shape index (κ3) is 5.26. The summed E-state index contributed by atoms with van der Waals surface area (Å²) in [5, 5.41) is 6.59. The fraction of sp³-hybridized carbons (Fsp3) is 0.296. The number of aryl methyl sites for hydroxylation is 1. The molecule has 1 aliphatic heterocycles. The minimum Gasteiger partial charge on any atom is -0.490 e. The number of aromatic nitrogens is 2. The number of carbonyl (C=O) groups excluding carboxylic acids is 1. The molecule has 1 aliphatic rings. The molecule has 186 valence electrons. The van der Waals surface area contributed by atoms with Crippen molar-refractivity contribution in [2.24, 2.45) is 0 Å². The number of carbonyl (C=O) groups is 1. The van der Waals surface area contributed by atoms with Gasteiger partial charge in [0.15, 0.2) is 0 Å². The molecule has 1 fully saturated rings. The third-order valence-electron chi connectivity index (χ3n) is 6.20. The maximum absolute atomic E-state index is 12.2. The van der Waals surface area contributed by atoms with Crippen molar-refractivity contribution >= 4 is 28.5 Å². The second-order valence-corrected chi connectivity index (χ2v) is 8.86. The standard InChI is InChI=1S/C27H29N5O4/c1-17-25(26(33)28-2)22-8-7-21(16-23(22)34-17)36-24-9-12-29-27(31-24)30-18-5-4-6-20(15-18)35-19-10-13-32(3)14-11-19/h4-9,12,15-16,19H,10-11,13-14H2,1-3H3,(H,28,33)(H,29,30,31). The first kappa shape index (κ1) is 23.6. The number of furan rings is 1. The fourth-order valence-electron chi connectivity index (χ4n) is 4.32. The number of rotatable bonds is 7. The summed E-state index contributed by atoms with van der Waals surface area (Å²) in [6.07, 6.45) is 3.90. The number of hydrogen-bond acceptors (Lipinski definition) is 8. The van der Waals surface area contributed by atoms with E-state index >= 15 is 0 Å². The molecule has 0 spiro atoms. The lowest BCUT2D eigenvalue weighted by atomic mass is 10.1. The van der Waals surface area contributed by atoms with E-state index in [0.717, 1.165) is 42.8 Å². The average Bonchev–Trinajstić information content (AvgIpc) is 3.20. The highest BCUT2D eigenvalue weighted by Crippen LogP contribution is 2.31. The van der Waals surface area contributed by atoms with Crippen LogP contribution in [0, 0.1) is 6.92 Å². The summed E-state index contributed by atoms with van der Waals surface area (Å²) in [4.78, 5) is 23.3. The van der Waals surface area contributed by atoms with E-state index in [9.17, 15) is 4.79 Å². The molecule has 0 aliphatic carbocycles. The second kappa shape index (κ2) is 10.2. The Balaban J connectivity index is 1.28. The molecule has 0 unspecified atom stereocenters. The second-order valence-electron chi connectivity index (χ2n) is 8.86. The maximum atomic E-state index is 12.2. The number of anilines is 2. The van der Waals surface area contributed by atoms with Crippen molar-refractivity contribution in [3.63, 3.8) is 0 Å². The molecular weight excluding hydrogens is 458 g/mol. The van der Waals surface area contributed by atoms with Crippen molar-refractivity contribution in [3.8, 4) is 17.4 Å². The van der Waals surface area contributed by atoms with Gasteiger partial charge in [0.05, 0.1) is 5.56 Å². The molecule has 0 bridgehead atoms. The van der Waals surface area contributed by atoms with E-state index in [0.29, 0.717) is 34.5 Å². The lowest BCUT2D eigenvalue weighted by Crippen LogP contribution is -2.35. The van der Waals surface area contributed by atoms with Crippen LogP contribution in [0.1, 0.15) is 29.0 Å². The Labute approximate surface area is 209 Å². The van der Waals surface area contributed by atoms with Gasteiger partial charge in [0.25, 0.3) is 5.91 Å². The van der Waals surface area contributed by atoms with E-state index in [-0.39, 0.29) is 12.0 Å². The Morgan fingerprint density at radius 2 is 1.94 bits per heavy atom. The van der Waals surface area contributed by atoms with Crippen LogP contribution in [-0.4, -0.2) is 54.1 Å². The largest absolute Gasteiger partial charge is 0.490 e. The summed E-state index contributed by atoms with van der Waals surface area (Å²) in [5.41, 5.74) is 1.92. The van der Waals surface area contributed by atoms with E-state index in [2.05, 4.69) is 32.5 Å². The lowest BCUT2D eigenvalue weighted by Gasteiger charge is -2.29. The molecule has 9 heteroatoms. The van der Waals surface area contributed by atoms with Crippen molar-refractivity contribution in [1.29, 1.82) is 0 Å². The lowest BCUT2D eigenvalue weighted by molar-refractivity contribution is 0.0963. The van der Waals surface area contributed by atoms with Gasteiger partial charge in [-0.05, 0) is 51.1 Å². The van der Waals surface area contributed by atoms with Crippen LogP contribution < -0.4 is 20.1 Å². The normalized spacial score (nSPS) is 14.5. The quantitative estimate of drug-likeness (QED) is 0.380. The van der Waals surface area contributed by atoms with Crippen molar-refractivity contribution in [2.75, 3.05) is 32.5 Å². The zero-order valence-corrected chi connectivity index (χ0v) is 20.6. The summed E-state index contributed by atoms with van der Waals surface area (Å²) in [6.45, 7) is 3.86. The molecule has 0 radical (unpaired) electrons. The Morgan fingerprint density at radius 3 is 2.75 bits per heavy atom. The smallest absolute Gasteiger partial charge is 0.255 e. The van der Waals surface area contributed by atoms with Crippen molar-refractivity contribution < 1.29 is 18.7 Å². The molecule has 9 nitrogen and oxygen atoms in total. The van der Waals surface area contributed by atoms with Gasteiger partial charge >= 0.3 is 0 Å². The first-order valence-corrected chi connectivity index (χ1v) is 12.0. The van der Waals surface area contributed by atoms with Gasteiger partial charge in [-0.15, -0.1) is 0 Å². The Morgan fingerprint density at radius 1 is 1.11 bits per heavy atom. The van der Waals surface area contributed by atoms with Crippen LogP contribution in [-0.2, 0) is 0 Å². The molecular formula is C27H29N5O4. The van der Waals surface area contributed by atoms with Gasteiger partial charge in [0.1, 0.15) is 28.9 Å². The zero-order valence-electron chi connectivity index (χ0n) is 20.6. The molecule has 2 aromatic carbocycles. The minimum atomic E-state index is -0.188. The number of piperidine rings is 1. The number of nitrogens with zero attached hydrogens (tertiary/aromatic N) is 3. The van der Waals surface area contributed by atoms with E-state index < -0.39 is 0 Å². The Kier molecular flexibility index (Phi) is 6.73. The van der Waals surface area contributed by atoms with Gasteiger partial charge in [0.2, 0.25) is 11.8 Å². The average molecular weight is 488 g/mol. The molecule has 0 saturated carbocycles. The zero-order chi connectivity index (χ0) is 25.1. The Hall–Kier alpha value is -4.11. The number of nitrogens with one attached hydrogen (secondary N) is 2. The van der Waals surface area contributed by atoms with Gasteiger partial charge in [-0.2, -0.15) is 4.98 Å². The van der Waals surface area contributed by atoms with Crippen LogP contribution in [0.2, 0.25) is 0 Å². The SMILES string of the molecule is CNC(=O)c1c(C)oc2cc(Oc3ccnc(Nc4cccc(OC5CCN(C)CC5)c4)n3)ccc12. The summed E-state index contributed by atoms with van der Waals surface area (Å²) < 4.78 is 17.9. The van der Waals surface area contributed by atoms with Crippen LogP contribution in [0.3, 0.4) is 0 Å². The summed E-state index contributed by atoms with van der Waals surface area (Å²) in [6, 6.07) is 14.8. The van der Waals surface area contributed by atoms with E-state index in [1.54, 1.807) is 38.4 Å². The maximum Gasteiger partial charge on any atom is 0.255 e. The predicted molar refractivity (Wildman–Crippen MR) is 137 cm³/mol. The van der Waals surface area contributed by atoms with Crippen LogP contribution >= 0.6 is 0 Å². The number of ether oxygens (including phenoxy) is 2. The Bertz CT molecular complexity index is 1380. The number of benzene rings is 2. The van der Waals surface area contributed by atoms with Crippen LogP contribution in [0.25, 0.3) is 11.0 Å². The topological polar surface area (TPSA) is 102 Å². The molecule has 36 heavy (non-hydrogen) atoms. The van der Waals surface area contributed by atoms with E-state index in [1.807, 2.05) is 30.3 Å². The third-order valence-corrected chi connectivity index (χ3v) is 6.20. The number of likely N-dealkylation sites (tertiary alicyclic amines) is 1. The van der Waals surface area contributed by atoms with Crippen molar-refractivity contribution in [1.82, 2.24) is 20.2 Å². The van der Waals surface area contributed by atoms with Crippen LogP contribution in [0.4, 0.5) is 11.6 Å². The highest BCUT2D eigenvalue weighted by molar-refractivity contribution is 6.07. The molecule has 1 amide bonds. The highest BCUT2D eigenvalue weighted by atomic mass is 16.5. The first-order chi connectivity index (χ1) is 17.5. The number of hydrogen-bond donors (Lipinski definition) is 2.